The van der Waals surface area contributed by atoms with Crippen LogP contribution in [0, 0.1) is 0 Å². The topological polar surface area (TPSA) is 38.9 Å². The Morgan fingerprint density at radius 3 is 2.53 bits per heavy atom. The molecule has 3 heteroatoms. The van der Waals surface area contributed by atoms with Crippen molar-refractivity contribution in [1.29, 1.82) is 0 Å². The predicted molar refractivity (Wildman–Crippen MR) is 77.5 cm³/mol. The zero-order valence-corrected chi connectivity index (χ0v) is 11.8. The van der Waals surface area contributed by atoms with Crippen LogP contribution in [0.25, 0.3) is 5.57 Å². The smallest absolute Gasteiger partial charge is 0.0750 e. The Morgan fingerprint density at radius 2 is 2.06 bits per heavy atom. The second-order valence-electron chi connectivity index (χ2n) is 3.92. The van der Waals surface area contributed by atoms with E-state index in [1.807, 2.05) is 24.5 Å². The van der Waals surface area contributed by atoms with E-state index in [9.17, 15) is 0 Å². The van der Waals surface area contributed by atoms with Gasteiger partial charge < -0.3 is 5.73 Å². The van der Waals surface area contributed by atoms with Gasteiger partial charge in [0.05, 0.1) is 10.7 Å². The fourth-order valence-corrected chi connectivity index (χ4v) is 2.06. The highest BCUT2D eigenvalue weighted by Crippen LogP contribution is 2.29. The average molecular weight is 248 g/mol. The highest BCUT2D eigenvalue weighted by molar-refractivity contribution is 8.02. The molecule has 1 aromatic heterocycles. The predicted octanol–water partition coefficient (Wildman–Crippen LogP) is 3.82. The molecule has 0 saturated heterocycles. The monoisotopic (exact) mass is 248 g/mol. The summed E-state index contributed by atoms with van der Waals surface area (Å²) in [7, 11) is 0. The van der Waals surface area contributed by atoms with Gasteiger partial charge >= 0.3 is 0 Å². The lowest BCUT2D eigenvalue weighted by Crippen LogP contribution is -2.02. The Bertz CT molecular complexity index is 433. The minimum atomic E-state index is 0.828. The maximum absolute atomic E-state index is 6.11. The molecule has 0 aromatic carbocycles. The highest BCUT2D eigenvalue weighted by Gasteiger charge is 2.11. The molecule has 0 saturated carbocycles. The zero-order valence-electron chi connectivity index (χ0n) is 10.9. The summed E-state index contributed by atoms with van der Waals surface area (Å²) < 4.78 is 0. The van der Waals surface area contributed by atoms with Crippen LogP contribution in [0.1, 0.15) is 32.9 Å². The maximum atomic E-state index is 6.11. The van der Waals surface area contributed by atoms with E-state index in [0.29, 0.717) is 0 Å². The summed E-state index contributed by atoms with van der Waals surface area (Å²) in [5, 5.41) is 0.828. The summed E-state index contributed by atoms with van der Waals surface area (Å²) in [5.41, 5.74) is 10.7. The van der Waals surface area contributed by atoms with Crippen molar-refractivity contribution in [3.63, 3.8) is 0 Å². The molecule has 0 spiro atoms. The molecule has 92 valence electrons. The maximum Gasteiger partial charge on any atom is 0.0750 e. The van der Waals surface area contributed by atoms with Crippen LogP contribution in [0.2, 0.25) is 0 Å². The van der Waals surface area contributed by atoms with Gasteiger partial charge in [0.15, 0.2) is 0 Å². The lowest BCUT2D eigenvalue weighted by Gasteiger charge is -2.13. The van der Waals surface area contributed by atoms with Gasteiger partial charge in [0.2, 0.25) is 0 Å². The van der Waals surface area contributed by atoms with E-state index in [1.54, 1.807) is 18.0 Å². The molecule has 0 amide bonds. The molecule has 0 radical (unpaired) electrons. The van der Waals surface area contributed by atoms with E-state index in [1.165, 1.54) is 11.1 Å². The van der Waals surface area contributed by atoms with Crippen LogP contribution in [0.5, 0.6) is 0 Å². The third kappa shape index (κ3) is 3.37. The second-order valence-corrected chi connectivity index (χ2v) is 4.77. The van der Waals surface area contributed by atoms with Crippen molar-refractivity contribution in [2.75, 3.05) is 6.26 Å². The summed E-state index contributed by atoms with van der Waals surface area (Å²) in [5.74, 6) is 0. The Labute approximate surface area is 108 Å². The molecule has 0 aliphatic heterocycles. The van der Waals surface area contributed by atoms with Crippen molar-refractivity contribution in [2.45, 2.75) is 27.2 Å². The van der Waals surface area contributed by atoms with Crippen LogP contribution >= 0.6 is 11.8 Å². The van der Waals surface area contributed by atoms with E-state index >= 15 is 0 Å². The van der Waals surface area contributed by atoms with Gasteiger partial charge in [-0.3, -0.25) is 4.98 Å². The van der Waals surface area contributed by atoms with E-state index in [-0.39, 0.29) is 0 Å². The van der Waals surface area contributed by atoms with E-state index < -0.39 is 0 Å². The molecule has 0 bridgehead atoms. The molecule has 17 heavy (non-hydrogen) atoms. The van der Waals surface area contributed by atoms with Gasteiger partial charge in [-0.1, -0.05) is 18.6 Å². The Kier molecular flexibility index (Phi) is 5.29. The van der Waals surface area contributed by atoms with Crippen LogP contribution in [0.4, 0.5) is 0 Å². The van der Waals surface area contributed by atoms with Crippen molar-refractivity contribution >= 4 is 17.3 Å². The van der Waals surface area contributed by atoms with Crippen LogP contribution < -0.4 is 5.73 Å². The molecule has 0 fully saturated rings. The Balaban J connectivity index is 3.35. The summed E-state index contributed by atoms with van der Waals surface area (Å²) >= 11 is 1.57. The lowest BCUT2D eigenvalue weighted by molar-refractivity contribution is 1.07. The molecular weight excluding hydrogens is 228 g/mol. The number of nitrogens with zero attached hydrogens (tertiary/aromatic N) is 1. The fraction of sp³-hybridized carbons (Fsp3) is 0.357. The Morgan fingerprint density at radius 1 is 1.35 bits per heavy atom. The number of nitrogens with two attached hydrogens (primary N) is 1. The third-order valence-corrected chi connectivity index (χ3v) is 3.58. The molecule has 0 atom stereocenters. The molecule has 0 aliphatic rings. The van der Waals surface area contributed by atoms with Gasteiger partial charge in [0.1, 0.15) is 0 Å². The largest absolute Gasteiger partial charge is 0.393 e. The van der Waals surface area contributed by atoms with Gasteiger partial charge in [-0.2, -0.15) is 0 Å². The molecule has 1 heterocycles. The number of hydrogen-bond acceptors (Lipinski definition) is 3. The van der Waals surface area contributed by atoms with Gasteiger partial charge in [-0.05, 0) is 44.2 Å². The van der Waals surface area contributed by atoms with Crippen molar-refractivity contribution in [2.24, 2.45) is 5.73 Å². The van der Waals surface area contributed by atoms with Crippen LogP contribution in [0.15, 0.2) is 40.6 Å². The number of allylic oxidation sites excluding steroid dienone is 3. The van der Waals surface area contributed by atoms with E-state index in [4.69, 9.17) is 5.73 Å². The number of hydrogen-bond donors (Lipinski definition) is 1. The van der Waals surface area contributed by atoms with Gasteiger partial charge in [0.25, 0.3) is 0 Å². The van der Waals surface area contributed by atoms with Gasteiger partial charge in [-0.15, -0.1) is 11.8 Å². The van der Waals surface area contributed by atoms with Crippen LogP contribution in [0.3, 0.4) is 0 Å². The SMILES string of the molecule is CC/C(C)=C(C)/C(=C(/N)SC)c1ccccn1. The normalized spacial score (nSPS) is 14.1. The average Bonchev–Trinajstić information content (AvgIpc) is 2.38. The third-order valence-electron chi connectivity index (χ3n) is 2.93. The van der Waals surface area contributed by atoms with E-state index in [0.717, 1.165) is 22.7 Å². The molecule has 0 aliphatic carbocycles. The molecule has 2 N–H and O–H groups in total. The molecule has 2 nitrogen and oxygen atoms in total. The number of aromatic nitrogens is 1. The second kappa shape index (κ2) is 6.50. The first kappa shape index (κ1) is 13.8. The van der Waals surface area contributed by atoms with Gasteiger partial charge in [0, 0.05) is 11.8 Å². The van der Waals surface area contributed by atoms with E-state index in [2.05, 4.69) is 25.8 Å². The standard InChI is InChI=1S/C14H20N2S/c1-5-10(2)11(3)13(14(15)17-4)12-8-6-7-9-16-12/h6-9H,5,15H2,1-4H3/b11-10+,14-13+. The summed E-state index contributed by atoms with van der Waals surface area (Å²) in [4.78, 5) is 4.40. The first-order chi connectivity index (χ1) is 8.11. The summed E-state index contributed by atoms with van der Waals surface area (Å²) in [6.07, 6.45) is 4.83. The molecular formula is C14H20N2S. The van der Waals surface area contributed by atoms with Crippen LogP contribution in [-0.2, 0) is 0 Å². The molecule has 1 aromatic rings. The minimum absolute atomic E-state index is 0.828. The first-order valence-corrected chi connectivity index (χ1v) is 6.96. The van der Waals surface area contributed by atoms with Gasteiger partial charge in [-0.25, -0.2) is 0 Å². The lowest BCUT2D eigenvalue weighted by atomic mass is 9.98. The number of thioether (sulfide) groups is 1. The summed E-state index contributed by atoms with van der Waals surface area (Å²) in [6.45, 7) is 6.42. The molecule has 0 unspecified atom stereocenters. The highest BCUT2D eigenvalue weighted by atomic mass is 32.2. The minimum Gasteiger partial charge on any atom is -0.393 e. The van der Waals surface area contributed by atoms with Crippen LogP contribution in [-0.4, -0.2) is 11.2 Å². The van der Waals surface area contributed by atoms with Crippen molar-refractivity contribution in [3.8, 4) is 0 Å². The van der Waals surface area contributed by atoms with Crippen molar-refractivity contribution in [3.05, 3.63) is 46.3 Å². The zero-order chi connectivity index (χ0) is 12.8. The first-order valence-electron chi connectivity index (χ1n) is 5.73. The number of rotatable bonds is 4. The quantitative estimate of drug-likeness (QED) is 0.823. The Hall–Kier alpha value is -1.22. The molecule has 1 rings (SSSR count). The van der Waals surface area contributed by atoms with Crippen molar-refractivity contribution in [1.82, 2.24) is 4.98 Å². The fourth-order valence-electron chi connectivity index (χ4n) is 1.59. The number of pyridine rings is 1. The summed E-state index contributed by atoms with van der Waals surface area (Å²) in [6, 6.07) is 5.91. The van der Waals surface area contributed by atoms with Crippen molar-refractivity contribution < 1.29 is 0 Å².